The summed E-state index contributed by atoms with van der Waals surface area (Å²) in [7, 11) is -3.30. The average Bonchev–Trinajstić information content (AvgIpc) is 3.17. The molecular formula is C19H29NO5S. The summed E-state index contributed by atoms with van der Waals surface area (Å²) in [5.74, 6) is 5.27. The lowest BCUT2D eigenvalue weighted by Crippen LogP contribution is -2.38. The number of rotatable bonds is 11. The van der Waals surface area contributed by atoms with E-state index in [1.807, 2.05) is 6.08 Å². The van der Waals surface area contributed by atoms with Gasteiger partial charge in [0.25, 0.3) is 0 Å². The Balaban J connectivity index is 1.81. The van der Waals surface area contributed by atoms with Crippen molar-refractivity contribution >= 4 is 16.0 Å². The fraction of sp³-hybridized carbons (Fsp3) is 0.737. The predicted molar refractivity (Wildman–Crippen MR) is 100.0 cm³/mol. The molecule has 0 spiro atoms. The number of carboxylic acids is 1. The monoisotopic (exact) mass is 383 g/mol. The van der Waals surface area contributed by atoms with Gasteiger partial charge in [0.15, 0.2) is 0 Å². The third-order valence-corrected chi connectivity index (χ3v) is 6.49. The maximum Gasteiger partial charge on any atom is 0.303 e. The molecule has 7 heteroatoms. The molecular weight excluding hydrogens is 354 g/mol. The largest absolute Gasteiger partial charge is 0.481 e. The van der Waals surface area contributed by atoms with Crippen molar-refractivity contribution in [1.29, 1.82) is 0 Å². The molecule has 2 aliphatic heterocycles. The maximum atomic E-state index is 12.1. The molecule has 2 rings (SSSR count). The van der Waals surface area contributed by atoms with Gasteiger partial charge in [-0.3, -0.25) is 4.79 Å². The third-order valence-electron chi connectivity index (χ3n) is 5.14. The Morgan fingerprint density at radius 2 is 2.00 bits per heavy atom. The van der Waals surface area contributed by atoms with Crippen LogP contribution in [0.3, 0.4) is 0 Å². The Morgan fingerprint density at radius 3 is 2.69 bits per heavy atom. The van der Waals surface area contributed by atoms with Gasteiger partial charge >= 0.3 is 5.97 Å². The van der Waals surface area contributed by atoms with Crippen molar-refractivity contribution < 1.29 is 23.1 Å². The van der Waals surface area contributed by atoms with Crippen LogP contribution < -0.4 is 4.72 Å². The third kappa shape index (κ3) is 6.42. The molecule has 146 valence electrons. The summed E-state index contributed by atoms with van der Waals surface area (Å²) in [5.41, 5.74) is 0. The van der Waals surface area contributed by atoms with Crippen LogP contribution in [0.2, 0.25) is 0 Å². The molecule has 2 bridgehead atoms. The van der Waals surface area contributed by atoms with Crippen LogP contribution in [0.15, 0.2) is 12.2 Å². The highest BCUT2D eigenvalue weighted by molar-refractivity contribution is 7.89. The van der Waals surface area contributed by atoms with Crippen molar-refractivity contribution in [2.45, 2.75) is 64.1 Å². The van der Waals surface area contributed by atoms with Crippen molar-refractivity contribution in [2.75, 3.05) is 12.3 Å². The van der Waals surface area contributed by atoms with Crippen LogP contribution in [0.25, 0.3) is 0 Å². The first kappa shape index (κ1) is 20.9. The minimum atomic E-state index is -3.30. The first-order valence-electron chi connectivity index (χ1n) is 9.32. The number of carboxylic acid groups (broad SMARTS) is 1. The summed E-state index contributed by atoms with van der Waals surface area (Å²) in [6, 6.07) is 0. The fourth-order valence-electron chi connectivity index (χ4n) is 3.83. The molecule has 0 aromatic rings. The van der Waals surface area contributed by atoms with Crippen molar-refractivity contribution in [1.82, 2.24) is 4.72 Å². The first-order valence-corrected chi connectivity index (χ1v) is 11.0. The summed E-state index contributed by atoms with van der Waals surface area (Å²) in [6.45, 7) is 2.12. The topological polar surface area (TPSA) is 92.7 Å². The van der Waals surface area contributed by atoms with Gasteiger partial charge in [0, 0.05) is 25.3 Å². The quantitative estimate of drug-likeness (QED) is 0.324. The molecule has 0 aromatic heterocycles. The van der Waals surface area contributed by atoms with E-state index in [9.17, 15) is 13.2 Å². The molecule has 0 aliphatic carbocycles. The van der Waals surface area contributed by atoms with Crippen LogP contribution in [-0.4, -0.2) is 44.0 Å². The van der Waals surface area contributed by atoms with E-state index < -0.39 is 16.0 Å². The zero-order valence-electron chi connectivity index (χ0n) is 15.3. The summed E-state index contributed by atoms with van der Waals surface area (Å²) in [4.78, 5) is 10.5. The lowest BCUT2D eigenvalue weighted by atomic mass is 9.77. The van der Waals surface area contributed by atoms with Gasteiger partial charge < -0.3 is 9.84 Å². The molecule has 2 aliphatic rings. The molecule has 2 heterocycles. The Labute approximate surface area is 156 Å². The van der Waals surface area contributed by atoms with Crippen LogP contribution in [0.1, 0.15) is 51.9 Å². The highest BCUT2D eigenvalue weighted by Gasteiger charge is 2.48. The predicted octanol–water partition coefficient (Wildman–Crippen LogP) is 2.31. The second kappa shape index (κ2) is 10.1. The number of unbranched alkanes of at least 4 members (excludes halogenated alkanes) is 1. The molecule has 0 radical (unpaired) electrons. The Morgan fingerprint density at radius 1 is 1.27 bits per heavy atom. The van der Waals surface area contributed by atoms with Crippen molar-refractivity contribution in [3.63, 3.8) is 0 Å². The first-order chi connectivity index (χ1) is 12.4. The minimum Gasteiger partial charge on any atom is -0.481 e. The number of ether oxygens (including phenoxy) is 1. The van der Waals surface area contributed by atoms with Gasteiger partial charge in [-0.2, -0.15) is 0 Å². The van der Waals surface area contributed by atoms with Crippen LogP contribution in [-0.2, 0) is 19.6 Å². The minimum absolute atomic E-state index is 0.0314. The molecule has 0 aromatic carbocycles. The molecule has 0 amide bonds. The molecule has 4 atom stereocenters. The van der Waals surface area contributed by atoms with Gasteiger partial charge in [-0.05, 0) is 44.9 Å². The second-order valence-corrected chi connectivity index (χ2v) is 8.88. The zero-order valence-corrected chi connectivity index (χ0v) is 16.1. The van der Waals surface area contributed by atoms with Crippen LogP contribution in [0.4, 0.5) is 0 Å². The molecule has 6 nitrogen and oxygen atoms in total. The second-order valence-electron chi connectivity index (χ2n) is 6.96. The number of fused-ring (bicyclic) bond motifs is 2. The van der Waals surface area contributed by atoms with E-state index in [2.05, 4.69) is 22.6 Å². The molecule has 2 saturated heterocycles. The number of hydrogen-bond acceptors (Lipinski definition) is 4. The Bertz CT molecular complexity index is 661. The molecule has 26 heavy (non-hydrogen) atoms. The van der Waals surface area contributed by atoms with E-state index in [0.717, 1.165) is 25.7 Å². The average molecular weight is 384 g/mol. The van der Waals surface area contributed by atoms with Gasteiger partial charge in [0.2, 0.25) is 10.0 Å². The van der Waals surface area contributed by atoms with Crippen LogP contribution >= 0.6 is 0 Å². The molecule has 2 N–H and O–H groups in total. The van der Waals surface area contributed by atoms with E-state index >= 15 is 0 Å². The normalized spacial score (nSPS) is 27.6. The fourth-order valence-corrected chi connectivity index (χ4v) is 4.79. The maximum absolute atomic E-state index is 12.1. The SMILES string of the molecule is CC#CCCS(=O)(=O)NC[C@H]1[C@@H](CC=CCCCC(=O)O)[C@H]2CC[C@@H]1O2. The van der Waals surface area contributed by atoms with E-state index in [-0.39, 0.29) is 30.3 Å². The summed E-state index contributed by atoms with van der Waals surface area (Å²) < 4.78 is 32.9. The lowest BCUT2D eigenvalue weighted by molar-refractivity contribution is -0.137. The van der Waals surface area contributed by atoms with Gasteiger partial charge in [-0.15, -0.1) is 11.8 Å². The van der Waals surface area contributed by atoms with E-state index in [1.54, 1.807) is 6.92 Å². The number of allylic oxidation sites excluding steroid dienone is 2. The van der Waals surface area contributed by atoms with Gasteiger partial charge in [-0.1, -0.05) is 12.2 Å². The number of aliphatic carboxylic acids is 1. The number of hydrogen-bond donors (Lipinski definition) is 2. The van der Waals surface area contributed by atoms with Crippen molar-refractivity contribution in [2.24, 2.45) is 11.8 Å². The molecule has 0 unspecified atom stereocenters. The number of sulfonamides is 1. The summed E-state index contributed by atoms with van der Waals surface area (Å²) in [5, 5.41) is 8.64. The number of carbonyl (C=O) groups is 1. The zero-order chi connectivity index (χ0) is 19.0. The highest BCUT2D eigenvalue weighted by Crippen LogP contribution is 2.44. The standard InChI is InChI=1S/C19H29NO5S/c1-2-3-8-13-26(23,24)20-14-16-15(17-11-12-18(16)25-17)9-6-4-5-7-10-19(21)22/h4,6,15-18,20H,5,7-14H2,1H3,(H,21,22)/t15-,16+,17-,18+/m1/s1. The van der Waals surface area contributed by atoms with Crippen LogP contribution in [0, 0.1) is 23.7 Å². The Kier molecular flexibility index (Phi) is 8.14. The van der Waals surface area contributed by atoms with Gasteiger partial charge in [-0.25, -0.2) is 13.1 Å². The smallest absolute Gasteiger partial charge is 0.303 e. The van der Waals surface area contributed by atoms with E-state index in [0.29, 0.717) is 25.3 Å². The summed E-state index contributed by atoms with van der Waals surface area (Å²) in [6.07, 6.45) is 9.29. The van der Waals surface area contributed by atoms with Gasteiger partial charge in [0.1, 0.15) is 0 Å². The van der Waals surface area contributed by atoms with Gasteiger partial charge in [0.05, 0.1) is 18.0 Å². The highest BCUT2D eigenvalue weighted by atomic mass is 32.2. The van der Waals surface area contributed by atoms with E-state index in [1.165, 1.54) is 0 Å². The Hall–Kier alpha value is -1.36. The number of nitrogens with one attached hydrogen (secondary N) is 1. The van der Waals surface area contributed by atoms with Crippen molar-refractivity contribution in [3.8, 4) is 11.8 Å². The van der Waals surface area contributed by atoms with Crippen molar-refractivity contribution in [3.05, 3.63) is 12.2 Å². The molecule has 0 saturated carbocycles. The van der Waals surface area contributed by atoms with Crippen LogP contribution in [0.5, 0.6) is 0 Å². The summed E-state index contributed by atoms with van der Waals surface area (Å²) >= 11 is 0. The lowest BCUT2D eigenvalue weighted by Gasteiger charge is -2.27. The molecule has 2 fully saturated rings. The van der Waals surface area contributed by atoms with E-state index in [4.69, 9.17) is 9.84 Å².